The van der Waals surface area contributed by atoms with Gasteiger partial charge in [-0.05, 0) is 24.6 Å². The summed E-state index contributed by atoms with van der Waals surface area (Å²) in [4.78, 5) is 6.69. The van der Waals surface area contributed by atoms with E-state index in [-0.39, 0.29) is 16.3 Å². The zero-order valence-corrected chi connectivity index (χ0v) is 14.2. The largest absolute Gasteiger partial charge is 0.380 e. The second-order valence-electron chi connectivity index (χ2n) is 6.90. The van der Waals surface area contributed by atoms with Crippen LogP contribution in [-0.2, 0) is 17.7 Å². The van der Waals surface area contributed by atoms with Gasteiger partial charge in [0.2, 0.25) is 5.89 Å². The highest BCUT2D eigenvalue weighted by molar-refractivity contribution is 6.30. The van der Waals surface area contributed by atoms with E-state index in [1.165, 1.54) is 6.07 Å². The SMILES string of the molecule is Cc1noc(C[C@@]23COC[C@@H]2CN(Cc2ccc(Cl)c(F)c2)C3)n1. The number of halogens is 2. The molecule has 0 saturated carbocycles. The molecule has 0 spiro atoms. The lowest BCUT2D eigenvalue weighted by molar-refractivity contribution is 0.122. The number of hydrogen-bond acceptors (Lipinski definition) is 5. The molecule has 0 amide bonds. The number of aromatic nitrogens is 2. The van der Waals surface area contributed by atoms with Gasteiger partial charge >= 0.3 is 0 Å². The summed E-state index contributed by atoms with van der Waals surface area (Å²) >= 11 is 5.76. The fourth-order valence-corrected chi connectivity index (χ4v) is 4.04. The average molecular weight is 352 g/mol. The number of ether oxygens (including phenoxy) is 1. The van der Waals surface area contributed by atoms with Crippen molar-refractivity contribution in [3.8, 4) is 0 Å². The van der Waals surface area contributed by atoms with Crippen LogP contribution in [0.4, 0.5) is 4.39 Å². The first-order valence-electron chi connectivity index (χ1n) is 8.07. The van der Waals surface area contributed by atoms with Gasteiger partial charge in [0, 0.05) is 37.4 Å². The molecular weight excluding hydrogens is 333 g/mol. The van der Waals surface area contributed by atoms with Crippen molar-refractivity contribution in [1.29, 1.82) is 0 Å². The number of benzene rings is 1. The number of likely N-dealkylation sites (tertiary alicyclic amines) is 1. The number of nitrogens with zero attached hydrogens (tertiary/aromatic N) is 3. The maximum Gasteiger partial charge on any atom is 0.227 e. The zero-order chi connectivity index (χ0) is 16.7. The highest BCUT2D eigenvalue weighted by Gasteiger charge is 2.51. The van der Waals surface area contributed by atoms with Gasteiger partial charge < -0.3 is 9.26 Å². The molecule has 1 aromatic carbocycles. The summed E-state index contributed by atoms with van der Waals surface area (Å²) in [6.07, 6.45) is 0.726. The molecule has 2 atom stereocenters. The summed E-state index contributed by atoms with van der Waals surface area (Å²) in [5.74, 6) is 1.39. The lowest BCUT2D eigenvalue weighted by atomic mass is 9.78. The van der Waals surface area contributed by atoms with E-state index in [2.05, 4.69) is 15.0 Å². The fraction of sp³-hybridized carbons (Fsp3) is 0.529. The van der Waals surface area contributed by atoms with Crippen LogP contribution in [0.2, 0.25) is 5.02 Å². The molecule has 2 aliphatic rings. The molecule has 0 radical (unpaired) electrons. The molecule has 24 heavy (non-hydrogen) atoms. The Morgan fingerprint density at radius 1 is 1.46 bits per heavy atom. The van der Waals surface area contributed by atoms with Gasteiger partial charge in [-0.1, -0.05) is 22.8 Å². The molecule has 2 fully saturated rings. The first-order valence-corrected chi connectivity index (χ1v) is 8.45. The summed E-state index contributed by atoms with van der Waals surface area (Å²) < 4.78 is 24.7. The van der Waals surface area contributed by atoms with Crippen molar-refractivity contribution < 1.29 is 13.7 Å². The summed E-state index contributed by atoms with van der Waals surface area (Å²) in [5.41, 5.74) is 0.936. The Kier molecular flexibility index (Phi) is 4.06. The molecular formula is C17H19ClFN3O2. The van der Waals surface area contributed by atoms with Gasteiger partial charge in [-0.25, -0.2) is 4.39 Å². The van der Waals surface area contributed by atoms with Crippen molar-refractivity contribution in [2.45, 2.75) is 19.9 Å². The van der Waals surface area contributed by atoms with Crippen LogP contribution in [0.1, 0.15) is 17.3 Å². The van der Waals surface area contributed by atoms with Crippen molar-refractivity contribution in [3.63, 3.8) is 0 Å². The van der Waals surface area contributed by atoms with Crippen molar-refractivity contribution in [2.75, 3.05) is 26.3 Å². The van der Waals surface area contributed by atoms with Gasteiger partial charge in [0.25, 0.3) is 0 Å². The first-order chi connectivity index (χ1) is 11.5. The van der Waals surface area contributed by atoms with Crippen LogP contribution in [0.3, 0.4) is 0 Å². The Balaban J connectivity index is 1.49. The van der Waals surface area contributed by atoms with Crippen LogP contribution in [0.15, 0.2) is 22.7 Å². The van der Waals surface area contributed by atoms with Crippen LogP contribution < -0.4 is 0 Å². The number of fused-ring (bicyclic) bond motifs is 1. The molecule has 2 aliphatic heterocycles. The molecule has 5 nitrogen and oxygen atoms in total. The molecule has 0 bridgehead atoms. The van der Waals surface area contributed by atoms with Gasteiger partial charge in [0.15, 0.2) is 5.82 Å². The average Bonchev–Trinajstić information content (AvgIpc) is 3.18. The highest BCUT2D eigenvalue weighted by Crippen LogP contribution is 2.44. The predicted molar refractivity (Wildman–Crippen MR) is 86.2 cm³/mol. The van der Waals surface area contributed by atoms with Gasteiger partial charge in [0.1, 0.15) is 5.82 Å². The summed E-state index contributed by atoms with van der Waals surface area (Å²) in [6.45, 7) is 5.78. The molecule has 3 heterocycles. The van der Waals surface area contributed by atoms with Crippen molar-refractivity contribution in [3.05, 3.63) is 46.3 Å². The molecule has 0 N–H and O–H groups in total. The molecule has 4 rings (SSSR count). The second kappa shape index (κ2) is 6.10. The third kappa shape index (κ3) is 2.94. The standard InChI is InChI=1S/C17H19ClFN3O2/c1-11-20-16(24-21-11)5-17-9-22(7-13(17)8-23-10-17)6-12-2-3-14(18)15(19)4-12/h2-4,13H,5-10H2,1H3/t13-,17+/m0/s1. The van der Waals surface area contributed by atoms with Crippen LogP contribution >= 0.6 is 11.6 Å². The van der Waals surface area contributed by atoms with E-state index in [0.717, 1.165) is 31.7 Å². The lowest BCUT2D eigenvalue weighted by Gasteiger charge is -2.25. The van der Waals surface area contributed by atoms with Crippen molar-refractivity contribution in [1.82, 2.24) is 15.0 Å². The minimum Gasteiger partial charge on any atom is -0.380 e. The normalized spacial score (nSPS) is 26.9. The highest BCUT2D eigenvalue weighted by atomic mass is 35.5. The van der Waals surface area contributed by atoms with Crippen molar-refractivity contribution in [2.24, 2.45) is 11.3 Å². The maximum absolute atomic E-state index is 13.7. The van der Waals surface area contributed by atoms with E-state index in [0.29, 0.717) is 30.8 Å². The topological polar surface area (TPSA) is 51.4 Å². The Bertz CT molecular complexity index is 753. The molecule has 2 aromatic rings. The lowest BCUT2D eigenvalue weighted by Crippen LogP contribution is -2.33. The van der Waals surface area contributed by atoms with E-state index in [1.807, 2.05) is 13.0 Å². The van der Waals surface area contributed by atoms with Crippen molar-refractivity contribution >= 4 is 11.6 Å². The van der Waals surface area contributed by atoms with Gasteiger partial charge in [-0.2, -0.15) is 4.98 Å². The number of hydrogen-bond donors (Lipinski definition) is 0. The first kappa shape index (κ1) is 16.0. The molecule has 128 valence electrons. The van der Waals surface area contributed by atoms with E-state index in [4.69, 9.17) is 20.9 Å². The predicted octanol–water partition coefficient (Wildman–Crippen LogP) is 2.86. The minimum absolute atomic E-state index is 0.00391. The van der Waals surface area contributed by atoms with Gasteiger partial charge in [-0.3, -0.25) is 4.90 Å². The molecule has 1 aromatic heterocycles. The minimum atomic E-state index is -0.368. The molecule has 2 saturated heterocycles. The quantitative estimate of drug-likeness (QED) is 0.847. The van der Waals surface area contributed by atoms with Gasteiger partial charge in [-0.15, -0.1) is 0 Å². The van der Waals surface area contributed by atoms with E-state index < -0.39 is 0 Å². The Morgan fingerprint density at radius 2 is 2.33 bits per heavy atom. The van der Waals surface area contributed by atoms with E-state index in [1.54, 1.807) is 6.07 Å². The van der Waals surface area contributed by atoms with Gasteiger partial charge in [0.05, 0.1) is 18.2 Å². The van der Waals surface area contributed by atoms with Crippen LogP contribution in [0.5, 0.6) is 0 Å². The molecule has 7 heteroatoms. The third-order valence-corrected chi connectivity index (χ3v) is 5.36. The fourth-order valence-electron chi connectivity index (χ4n) is 3.92. The van der Waals surface area contributed by atoms with E-state index in [9.17, 15) is 4.39 Å². The summed E-state index contributed by atoms with van der Waals surface area (Å²) in [5, 5.41) is 4.04. The van der Waals surface area contributed by atoms with Crippen LogP contribution in [-0.4, -0.2) is 41.3 Å². The second-order valence-corrected chi connectivity index (χ2v) is 7.31. The molecule has 0 unspecified atom stereocenters. The van der Waals surface area contributed by atoms with Crippen LogP contribution in [0.25, 0.3) is 0 Å². The zero-order valence-electron chi connectivity index (χ0n) is 13.5. The maximum atomic E-state index is 13.7. The number of aryl methyl sites for hydroxylation is 1. The third-order valence-electron chi connectivity index (χ3n) is 5.05. The smallest absolute Gasteiger partial charge is 0.227 e. The van der Waals surface area contributed by atoms with Crippen LogP contribution in [0, 0.1) is 24.1 Å². The van der Waals surface area contributed by atoms with E-state index >= 15 is 0 Å². The Labute approximate surface area is 144 Å². The Morgan fingerprint density at radius 3 is 3.08 bits per heavy atom. The molecule has 0 aliphatic carbocycles. The number of rotatable bonds is 4. The summed E-state index contributed by atoms with van der Waals surface area (Å²) in [6, 6.07) is 5.01. The monoisotopic (exact) mass is 351 g/mol. The summed E-state index contributed by atoms with van der Waals surface area (Å²) in [7, 11) is 0. The Hall–Kier alpha value is -1.50.